The van der Waals surface area contributed by atoms with Gasteiger partial charge in [-0.1, -0.05) is 0 Å². The van der Waals surface area contributed by atoms with Gasteiger partial charge in [0.1, 0.15) is 5.60 Å². The van der Waals surface area contributed by atoms with Gasteiger partial charge in [0.25, 0.3) is 0 Å². The maximum Gasteiger partial charge on any atom is 0.410 e. The summed E-state index contributed by atoms with van der Waals surface area (Å²) >= 11 is 0. The molecule has 0 aromatic rings. The van der Waals surface area contributed by atoms with Crippen LogP contribution in [-0.4, -0.2) is 54.1 Å². The fraction of sp³-hybridized carbons (Fsp3) is 0.909. The summed E-state index contributed by atoms with van der Waals surface area (Å²) in [5.41, 5.74) is -0.512. The Kier molecular flexibility index (Phi) is 4.15. The number of aliphatic hydroxyl groups is 1. The summed E-state index contributed by atoms with van der Waals surface area (Å²) in [6, 6.07) is 0. The molecule has 1 heterocycles. The Bertz CT molecular complexity index is 249. The fourth-order valence-electron chi connectivity index (χ4n) is 1.67. The zero-order valence-corrected chi connectivity index (χ0v) is 10.4. The standard InChI is InChI=1S/C11H21NO4/c1-11(2,3)16-10(14)12-6-8(13)5-9(7-12)15-4/h8-9,13H,5-7H2,1-4H3/t8-,9+/m1/s1. The van der Waals surface area contributed by atoms with Gasteiger partial charge in [0.15, 0.2) is 0 Å². The second kappa shape index (κ2) is 5.01. The molecule has 0 saturated carbocycles. The third-order valence-corrected chi connectivity index (χ3v) is 2.38. The number of hydrogen-bond donors (Lipinski definition) is 1. The van der Waals surface area contributed by atoms with Gasteiger partial charge in [-0.15, -0.1) is 0 Å². The number of likely N-dealkylation sites (tertiary alicyclic amines) is 1. The molecule has 1 N–H and O–H groups in total. The number of ether oxygens (including phenoxy) is 2. The predicted octanol–water partition coefficient (Wildman–Crippen LogP) is 1.00. The summed E-state index contributed by atoms with van der Waals surface area (Å²) in [5, 5.41) is 9.60. The zero-order chi connectivity index (χ0) is 12.3. The van der Waals surface area contributed by atoms with Gasteiger partial charge in [0.05, 0.1) is 25.3 Å². The molecular formula is C11H21NO4. The molecule has 0 aliphatic carbocycles. The van der Waals surface area contributed by atoms with Crippen LogP contribution in [0.4, 0.5) is 4.79 Å². The topological polar surface area (TPSA) is 59.0 Å². The Morgan fingerprint density at radius 1 is 1.38 bits per heavy atom. The molecule has 1 rings (SSSR count). The monoisotopic (exact) mass is 231 g/mol. The third-order valence-electron chi connectivity index (χ3n) is 2.38. The minimum Gasteiger partial charge on any atom is -0.444 e. The van der Waals surface area contributed by atoms with E-state index in [-0.39, 0.29) is 6.10 Å². The van der Waals surface area contributed by atoms with Crippen molar-refractivity contribution in [3.63, 3.8) is 0 Å². The summed E-state index contributed by atoms with van der Waals surface area (Å²) in [5.74, 6) is 0. The fourth-order valence-corrected chi connectivity index (χ4v) is 1.67. The minimum atomic E-state index is -0.536. The molecule has 16 heavy (non-hydrogen) atoms. The zero-order valence-electron chi connectivity index (χ0n) is 10.4. The smallest absolute Gasteiger partial charge is 0.410 e. The average molecular weight is 231 g/mol. The lowest BCUT2D eigenvalue weighted by atomic mass is 10.1. The average Bonchev–Trinajstić information content (AvgIpc) is 2.14. The number of amides is 1. The Hall–Kier alpha value is -0.810. The molecule has 1 aliphatic heterocycles. The largest absolute Gasteiger partial charge is 0.444 e. The quantitative estimate of drug-likeness (QED) is 0.731. The number of β-amino-alcohol motifs (C(OH)–C–C–N with tert-alkyl or cyclic N) is 1. The molecule has 1 amide bonds. The van der Waals surface area contributed by atoms with Gasteiger partial charge in [-0.05, 0) is 20.8 Å². The van der Waals surface area contributed by atoms with Crippen LogP contribution in [0.1, 0.15) is 27.2 Å². The van der Waals surface area contributed by atoms with Crippen molar-refractivity contribution in [2.24, 2.45) is 0 Å². The van der Waals surface area contributed by atoms with E-state index in [2.05, 4.69) is 0 Å². The predicted molar refractivity (Wildman–Crippen MR) is 59.2 cm³/mol. The van der Waals surface area contributed by atoms with E-state index in [0.29, 0.717) is 19.5 Å². The van der Waals surface area contributed by atoms with E-state index in [1.165, 1.54) is 4.90 Å². The first-order chi connectivity index (χ1) is 7.31. The minimum absolute atomic E-state index is 0.115. The van der Waals surface area contributed by atoms with Crippen molar-refractivity contribution in [2.75, 3.05) is 20.2 Å². The molecule has 0 aromatic heterocycles. The molecule has 0 spiro atoms. The highest BCUT2D eigenvalue weighted by Gasteiger charge is 2.31. The van der Waals surface area contributed by atoms with Gasteiger partial charge in [-0.3, -0.25) is 0 Å². The Morgan fingerprint density at radius 3 is 2.50 bits per heavy atom. The van der Waals surface area contributed by atoms with Crippen molar-refractivity contribution >= 4 is 6.09 Å². The van der Waals surface area contributed by atoms with Crippen LogP contribution in [0.3, 0.4) is 0 Å². The summed E-state index contributed by atoms with van der Waals surface area (Å²) < 4.78 is 10.4. The highest BCUT2D eigenvalue weighted by atomic mass is 16.6. The number of carbonyl (C=O) groups is 1. The van der Waals surface area contributed by atoms with Crippen LogP contribution in [0.5, 0.6) is 0 Å². The SMILES string of the molecule is CO[C@H]1C[C@@H](O)CN(C(=O)OC(C)(C)C)C1. The van der Waals surface area contributed by atoms with Crippen molar-refractivity contribution in [3.8, 4) is 0 Å². The first-order valence-corrected chi connectivity index (χ1v) is 5.50. The van der Waals surface area contributed by atoms with Crippen LogP contribution >= 0.6 is 0 Å². The highest BCUT2D eigenvalue weighted by molar-refractivity contribution is 5.68. The van der Waals surface area contributed by atoms with Crippen molar-refractivity contribution in [2.45, 2.75) is 45.0 Å². The lowest BCUT2D eigenvalue weighted by molar-refractivity contribution is -0.0419. The van der Waals surface area contributed by atoms with Crippen LogP contribution in [0, 0.1) is 0 Å². The maximum atomic E-state index is 11.8. The van der Waals surface area contributed by atoms with E-state index >= 15 is 0 Å². The van der Waals surface area contributed by atoms with Crippen LogP contribution < -0.4 is 0 Å². The molecule has 5 heteroatoms. The van der Waals surface area contributed by atoms with Crippen LogP contribution in [-0.2, 0) is 9.47 Å². The Labute approximate surface area is 96.3 Å². The van der Waals surface area contributed by atoms with E-state index in [4.69, 9.17) is 9.47 Å². The normalized spacial score (nSPS) is 26.7. The first-order valence-electron chi connectivity index (χ1n) is 5.50. The number of rotatable bonds is 1. The number of nitrogens with zero attached hydrogens (tertiary/aromatic N) is 1. The van der Waals surface area contributed by atoms with Crippen molar-refractivity contribution < 1.29 is 19.4 Å². The van der Waals surface area contributed by atoms with Gasteiger partial charge in [-0.25, -0.2) is 4.79 Å². The number of methoxy groups -OCH3 is 1. The second-order valence-corrected chi connectivity index (χ2v) is 5.13. The molecule has 1 fully saturated rings. The molecule has 5 nitrogen and oxygen atoms in total. The summed E-state index contributed by atoms with van der Waals surface area (Å²) in [6.45, 7) is 6.24. The molecule has 2 atom stereocenters. The summed E-state index contributed by atoms with van der Waals surface area (Å²) in [4.78, 5) is 13.3. The maximum absolute atomic E-state index is 11.8. The molecular weight excluding hydrogens is 210 g/mol. The van der Waals surface area contributed by atoms with Crippen molar-refractivity contribution in [1.29, 1.82) is 0 Å². The Balaban J connectivity index is 2.55. The van der Waals surface area contributed by atoms with Gasteiger partial charge < -0.3 is 19.5 Å². The van der Waals surface area contributed by atoms with Crippen molar-refractivity contribution in [3.05, 3.63) is 0 Å². The lowest BCUT2D eigenvalue weighted by Gasteiger charge is -2.35. The third kappa shape index (κ3) is 3.98. The molecule has 0 radical (unpaired) electrons. The molecule has 94 valence electrons. The van der Waals surface area contributed by atoms with Gasteiger partial charge in [0, 0.05) is 13.5 Å². The van der Waals surface area contributed by atoms with Crippen LogP contribution in [0.15, 0.2) is 0 Å². The summed E-state index contributed by atoms with van der Waals surface area (Å²) in [7, 11) is 1.58. The number of hydrogen-bond acceptors (Lipinski definition) is 4. The van der Waals surface area contributed by atoms with Crippen LogP contribution in [0.25, 0.3) is 0 Å². The van der Waals surface area contributed by atoms with E-state index < -0.39 is 17.8 Å². The van der Waals surface area contributed by atoms with Crippen LogP contribution in [0.2, 0.25) is 0 Å². The van der Waals surface area contributed by atoms with E-state index in [1.54, 1.807) is 7.11 Å². The number of aliphatic hydroxyl groups excluding tert-OH is 1. The molecule has 0 aromatic carbocycles. The van der Waals surface area contributed by atoms with E-state index in [9.17, 15) is 9.90 Å². The first kappa shape index (κ1) is 13.3. The number of piperidine rings is 1. The van der Waals surface area contributed by atoms with Crippen molar-refractivity contribution in [1.82, 2.24) is 4.90 Å². The lowest BCUT2D eigenvalue weighted by Crippen LogP contribution is -2.50. The highest BCUT2D eigenvalue weighted by Crippen LogP contribution is 2.17. The second-order valence-electron chi connectivity index (χ2n) is 5.13. The van der Waals surface area contributed by atoms with E-state index in [1.807, 2.05) is 20.8 Å². The van der Waals surface area contributed by atoms with Gasteiger partial charge in [0.2, 0.25) is 0 Å². The summed E-state index contributed by atoms with van der Waals surface area (Å²) in [6.07, 6.45) is -0.480. The molecule has 0 bridgehead atoms. The van der Waals surface area contributed by atoms with E-state index in [0.717, 1.165) is 0 Å². The van der Waals surface area contributed by atoms with Gasteiger partial charge in [-0.2, -0.15) is 0 Å². The molecule has 1 aliphatic rings. The Morgan fingerprint density at radius 2 is 2.00 bits per heavy atom. The molecule has 0 unspecified atom stereocenters. The number of carbonyl (C=O) groups excluding carboxylic acids is 1. The van der Waals surface area contributed by atoms with Gasteiger partial charge >= 0.3 is 6.09 Å². The molecule has 1 saturated heterocycles.